The normalized spacial score (nSPS) is 17.7. The molecule has 3 heterocycles. The van der Waals surface area contributed by atoms with Gasteiger partial charge in [0.15, 0.2) is 5.82 Å². The fourth-order valence-electron chi connectivity index (χ4n) is 3.73. The molecule has 1 aliphatic carbocycles. The number of para-hydroxylation sites is 1. The number of aromatic nitrogens is 6. The number of benzene rings is 1. The molecule has 1 N–H and O–H groups in total. The van der Waals surface area contributed by atoms with Crippen molar-refractivity contribution in [2.75, 3.05) is 0 Å². The Bertz CT molecular complexity index is 1210. The first-order valence-electron chi connectivity index (χ1n) is 9.88. The van der Waals surface area contributed by atoms with Gasteiger partial charge >= 0.3 is 0 Å². The molecule has 1 aromatic carbocycles. The van der Waals surface area contributed by atoms with Gasteiger partial charge in [0, 0.05) is 30.6 Å². The van der Waals surface area contributed by atoms with Crippen molar-refractivity contribution in [3.63, 3.8) is 0 Å². The van der Waals surface area contributed by atoms with E-state index in [-0.39, 0.29) is 17.9 Å². The van der Waals surface area contributed by atoms with Crippen molar-refractivity contribution in [3.8, 4) is 17.2 Å². The number of nitrogens with zero attached hydrogens (tertiary/aromatic N) is 6. The lowest BCUT2D eigenvalue weighted by molar-refractivity contribution is 0.0906. The van der Waals surface area contributed by atoms with Gasteiger partial charge in [-0.05, 0) is 43.2 Å². The first kappa shape index (κ1) is 19.3. The van der Waals surface area contributed by atoms with Crippen LogP contribution in [0.1, 0.15) is 34.9 Å². The van der Waals surface area contributed by atoms with E-state index in [0.29, 0.717) is 22.1 Å². The number of halogens is 1. The van der Waals surface area contributed by atoms with Gasteiger partial charge in [0.25, 0.3) is 5.91 Å². The average molecular weight is 432 g/mol. The summed E-state index contributed by atoms with van der Waals surface area (Å²) in [5.41, 5.74) is 2.01. The van der Waals surface area contributed by atoms with Gasteiger partial charge in [-0.3, -0.25) is 14.3 Å². The van der Waals surface area contributed by atoms with Crippen LogP contribution in [0.5, 0.6) is 0 Å². The molecule has 0 spiro atoms. The first-order valence-corrected chi connectivity index (χ1v) is 10.3. The molecule has 5 rings (SSSR count). The van der Waals surface area contributed by atoms with Gasteiger partial charge < -0.3 is 5.32 Å². The Morgan fingerprint density at radius 2 is 1.90 bits per heavy atom. The largest absolute Gasteiger partial charge is 0.349 e. The second kappa shape index (κ2) is 8.23. The summed E-state index contributed by atoms with van der Waals surface area (Å²) >= 11 is 6.51. The van der Waals surface area contributed by atoms with Crippen molar-refractivity contribution in [1.29, 1.82) is 0 Å². The number of hydrogen-bond acceptors (Lipinski definition) is 6. The summed E-state index contributed by atoms with van der Waals surface area (Å²) in [7, 11) is 0. The summed E-state index contributed by atoms with van der Waals surface area (Å²) in [5.74, 6) is 1.42. The predicted octanol–water partition coefficient (Wildman–Crippen LogP) is 3.45. The van der Waals surface area contributed by atoms with E-state index < -0.39 is 0 Å². The molecule has 3 aromatic heterocycles. The van der Waals surface area contributed by atoms with Gasteiger partial charge in [-0.25, -0.2) is 9.97 Å². The topological polar surface area (TPSA) is 98.5 Å². The molecule has 4 aromatic rings. The Morgan fingerprint density at radius 1 is 1.03 bits per heavy atom. The van der Waals surface area contributed by atoms with Gasteiger partial charge in [0.1, 0.15) is 17.8 Å². The van der Waals surface area contributed by atoms with E-state index in [9.17, 15) is 4.79 Å². The van der Waals surface area contributed by atoms with Crippen LogP contribution in [0.3, 0.4) is 0 Å². The maximum Gasteiger partial charge on any atom is 0.253 e. The number of amides is 1. The predicted molar refractivity (Wildman–Crippen MR) is 115 cm³/mol. The van der Waals surface area contributed by atoms with Crippen molar-refractivity contribution in [2.24, 2.45) is 0 Å². The maximum atomic E-state index is 12.4. The van der Waals surface area contributed by atoms with Gasteiger partial charge in [-0.15, -0.1) is 10.2 Å². The molecule has 0 aliphatic heterocycles. The van der Waals surface area contributed by atoms with Gasteiger partial charge in [0.05, 0.1) is 16.3 Å². The van der Waals surface area contributed by atoms with E-state index in [1.165, 1.54) is 6.33 Å². The van der Waals surface area contributed by atoms with Crippen molar-refractivity contribution >= 4 is 17.5 Å². The number of hydrogen-bond donors (Lipinski definition) is 1. The Hall–Kier alpha value is -3.65. The molecular weight excluding hydrogens is 414 g/mol. The number of rotatable bonds is 5. The zero-order valence-electron chi connectivity index (χ0n) is 16.4. The highest BCUT2D eigenvalue weighted by Crippen LogP contribution is 2.39. The van der Waals surface area contributed by atoms with Crippen molar-refractivity contribution in [3.05, 3.63) is 83.8 Å². The molecule has 0 atom stereocenters. The van der Waals surface area contributed by atoms with E-state index in [1.807, 2.05) is 28.8 Å². The van der Waals surface area contributed by atoms with Crippen LogP contribution in [0.2, 0.25) is 5.02 Å². The van der Waals surface area contributed by atoms with E-state index in [1.54, 1.807) is 36.8 Å². The van der Waals surface area contributed by atoms with Gasteiger partial charge in [-0.1, -0.05) is 23.7 Å². The van der Waals surface area contributed by atoms with Crippen LogP contribution < -0.4 is 5.32 Å². The molecule has 154 valence electrons. The third-order valence-electron chi connectivity index (χ3n) is 5.35. The quantitative estimate of drug-likeness (QED) is 0.519. The van der Waals surface area contributed by atoms with Crippen LogP contribution in [0.4, 0.5) is 0 Å². The summed E-state index contributed by atoms with van der Waals surface area (Å²) in [5, 5.41) is 12.5. The highest BCUT2D eigenvalue weighted by Gasteiger charge is 2.36. The summed E-state index contributed by atoms with van der Waals surface area (Å²) in [6.07, 6.45) is 7.88. The lowest BCUT2D eigenvalue weighted by Crippen LogP contribution is -2.44. The average Bonchev–Trinajstić information content (AvgIpc) is 3.21. The lowest BCUT2D eigenvalue weighted by atomic mass is 9.79. The Morgan fingerprint density at radius 3 is 2.65 bits per heavy atom. The minimum atomic E-state index is -0.120. The molecule has 1 fully saturated rings. The zero-order valence-corrected chi connectivity index (χ0v) is 17.1. The molecule has 1 aliphatic rings. The van der Waals surface area contributed by atoms with E-state index >= 15 is 0 Å². The standard InChI is InChI=1S/C22H18ClN7O/c23-17-5-1-2-6-19(17)30-20(28-29-21(30)18-7-9-25-13-26-18)15-10-16(11-15)27-22(31)14-4-3-8-24-12-14/h1-9,12-13,15-16H,10-11H2,(H,27,31). The van der Waals surface area contributed by atoms with Crippen molar-refractivity contribution in [2.45, 2.75) is 24.8 Å². The summed E-state index contributed by atoms with van der Waals surface area (Å²) < 4.78 is 1.95. The summed E-state index contributed by atoms with van der Waals surface area (Å²) in [6, 6.07) is 12.9. The van der Waals surface area contributed by atoms with Crippen molar-refractivity contribution < 1.29 is 4.79 Å². The smallest absolute Gasteiger partial charge is 0.253 e. The Kier molecular flexibility index (Phi) is 5.13. The monoisotopic (exact) mass is 431 g/mol. The number of nitrogens with one attached hydrogen (secondary N) is 1. The van der Waals surface area contributed by atoms with Crippen molar-refractivity contribution in [1.82, 2.24) is 35.0 Å². The van der Waals surface area contributed by atoms with Crippen LogP contribution in [-0.4, -0.2) is 41.7 Å². The Balaban J connectivity index is 1.41. The van der Waals surface area contributed by atoms with E-state index in [0.717, 1.165) is 24.4 Å². The summed E-state index contributed by atoms with van der Waals surface area (Å²) in [6.45, 7) is 0. The molecule has 1 amide bonds. The van der Waals surface area contributed by atoms with Gasteiger partial charge in [-0.2, -0.15) is 0 Å². The van der Waals surface area contributed by atoms with Gasteiger partial charge in [0.2, 0.25) is 0 Å². The first-order chi connectivity index (χ1) is 15.2. The van der Waals surface area contributed by atoms with E-state index in [2.05, 4.69) is 30.5 Å². The minimum Gasteiger partial charge on any atom is -0.349 e. The molecule has 0 saturated heterocycles. The fourth-order valence-corrected chi connectivity index (χ4v) is 3.95. The number of carbonyl (C=O) groups excluding carboxylic acids is 1. The highest BCUT2D eigenvalue weighted by atomic mass is 35.5. The molecule has 0 radical (unpaired) electrons. The van der Waals surface area contributed by atoms with Crippen LogP contribution in [-0.2, 0) is 0 Å². The molecule has 31 heavy (non-hydrogen) atoms. The lowest BCUT2D eigenvalue weighted by Gasteiger charge is -2.35. The zero-order chi connectivity index (χ0) is 21.2. The van der Waals surface area contributed by atoms with Crippen LogP contribution in [0, 0.1) is 0 Å². The molecule has 0 bridgehead atoms. The van der Waals surface area contributed by atoms with Crippen LogP contribution in [0.15, 0.2) is 67.4 Å². The molecule has 0 unspecified atom stereocenters. The number of carbonyl (C=O) groups is 1. The van der Waals surface area contributed by atoms with Crippen LogP contribution in [0.25, 0.3) is 17.2 Å². The highest BCUT2D eigenvalue weighted by molar-refractivity contribution is 6.32. The molecule has 8 nitrogen and oxygen atoms in total. The second-order valence-electron chi connectivity index (χ2n) is 7.34. The maximum absolute atomic E-state index is 12.4. The Labute approximate surface area is 183 Å². The third-order valence-corrected chi connectivity index (χ3v) is 5.67. The second-order valence-corrected chi connectivity index (χ2v) is 7.75. The molecule has 9 heteroatoms. The van der Waals surface area contributed by atoms with E-state index in [4.69, 9.17) is 11.6 Å². The molecule has 1 saturated carbocycles. The number of pyridine rings is 1. The SMILES string of the molecule is O=C(NC1CC(c2nnc(-c3ccncn3)n2-c2ccccc2Cl)C1)c1cccnc1. The minimum absolute atomic E-state index is 0.0663. The fraction of sp³-hybridized carbons (Fsp3) is 0.182. The molecular formula is C22H18ClN7O. The van der Waals surface area contributed by atoms with Crippen LogP contribution >= 0.6 is 11.6 Å². The summed E-state index contributed by atoms with van der Waals surface area (Å²) in [4.78, 5) is 24.7. The third kappa shape index (κ3) is 3.77.